The van der Waals surface area contributed by atoms with Crippen LogP contribution in [0.3, 0.4) is 0 Å². The highest BCUT2D eigenvalue weighted by Gasteiger charge is 2.17. The highest BCUT2D eigenvalue weighted by atomic mass is 31.2. The first-order valence-electron chi connectivity index (χ1n) is 9.58. The van der Waals surface area contributed by atoms with E-state index in [0.717, 1.165) is 25.7 Å². The van der Waals surface area contributed by atoms with Gasteiger partial charge in [0.1, 0.15) is 0 Å². The van der Waals surface area contributed by atoms with Gasteiger partial charge in [-0.2, -0.15) is 0 Å². The maximum Gasteiger partial charge on any atom is 0.328 e. The van der Waals surface area contributed by atoms with E-state index in [1.165, 1.54) is 64.2 Å². The third kappa shape index (κ3) is 16.5. The first-order chi connectivity index (χ1) is 10.6. The molecule has 1 unspecified atom stereocenters. The molecule has 0 spiro atoms. The van der Waals surface area contributed by atoms with Crippen molar-refractivity contribution in [2.45, 2.75) is 104 Å². The van der Waals surface area contributed by atoms with Crippen LogP contribution in [0.5, 0.6) is 0 Å². The predicted octanol–water partition coefficient (Wildman–Crippen LogP) is 6.69. The summed E-state index contributed by atoms with van der Waals surface area (Å²) in [5.41, 5.74) is 0. The molecular weight excluding hydrogens is 295 g/mol. The fourth-order valence-electron chi connectivity index (χ4n) is 2.60. The lowest BCUT2D eigenvalue weighted by Gasteiger charge is -2.12. The lowest BCUT2D eigenvalue weighted by atomic mass is 10.1. The van der Waals surface area contributed by atoms with E-state index < -0.39 is 7.60 Å². The monoisotopic (exact) mass is 334 g/mol. The van der Waals surface area contributed by atoms with E-state index >= 15 is 0 Å². The van der Waals surface area contributed by atoms with Gasteiger partial charge in [-0.05, 0) is 12.8 Å². The molecule has 0 heterocycles. The van der Waals surface area contributed by atoms with Gasteiger partial charge in [0.25, 0.3) is 0 Å². The average molecular weight is 334 g/mol. The smallest absolute Gasteiger partial charge is 0.324 e. The molecule has 3 nitrogen and oxygen atoms in total. The van der Waals surface area contributed by atoms with E-state index in [4.69, 9.17) is 4.52 Å². The van der Waals surface area contributed by atoms with Crippen molar-refractivity contribution < 1.29 is 14.0 Å². The number of unbranched alkanes of at least 4 members (excludes halogenated alkanes) is 12. The van der Waals surface area contributed by atoms with Gasteiger partial charge in [0.15, 0.2) is 0 Å². The van der Waals surface area contributed by atoms with Crippen LogP contribution in [0.4, 0.5) is 0 Å². The summed E-state index contributed by atoms with van der Waals surface area (Å²) < 4.78 is 17.1. The molecule has 0 radical (unpaired) electrons. The molecule has 0 fully saturated rings. The van der Waals surface area contributed by atoms with Crippen LogP contribution in [0.25, 0.3) is 0 Å². The number of hydrogen-bond donors (Lipinski definition) is 1. The first kappa shape index (κ1) is 22.1. The Kier molecular flexibility index (Phi) is 16.1. The van der Waals surface area contributed by atoms with E-state index in [9.17, 15) is 9.46 Å². The van der Waals surface area contributed by atoms with Gasteiger partial charge in [-0.25, -0.2) is 0 Å². The van der Waals surface area contributed by atoms with Crippen LogP contribution >= 0.6 is 7.60 Å². The van der Waals surface area contributed by atoms with Gasteiger partial charge in [-0.3, -0.25) is 4.57 Å². The molecule has 0 saturated carbocycles. The highest BCUT2D eigenvalue weighted by Crippen LogP contribution is 2.43. The molecule has 0 aromatic rings. The third-order valence-corrected chi connectivity index (χ3v) is 5.55. The summed E-state index contributed by atoms with van der Waals surface area (Å²) in [5.74, 6) is 0. The Labute approximate surface area is 138 Å². The van der Waals surface area contributed by atoms with E-state index in [-0.39, 0.29) is 0 Å². The first-order valence-corrected chi connectivity index (χ1v) is 11.3. The molecule has 0 saturated heterocycles. The molecule has 0 rings (SSSR count). The van der Waals surface area contributed by atoms with Crippen molar-refractivity contribution in [2.24, 2.45) is 0 Å². The summed E-state index contributed by atoms with van der Waals surface area (Å²) in [6, 6.07) is 0. The molecule has 4 heteroatoms. The molecule has 0 bridgehead atoms. The van der Waals surface area contributed by atoms with Crippen LogP contribution in [-0.2, 0) is 9.09 Å². The molecule has 0 aromatic heterocycles. The van der Waals surface area contributed by atoms with E-state index in [1.807, 2.05) is 0 Å². The summed E-state index contributed by atoms with van der Waals surface area (Å²) in [5, 5.41) is 0. The Balaban J connectivity index is 3.35. The van der Waals surface area contributed by atoms with Crippen LogP contribution in [0.2, 0.25) is 0 Å². The topological polar surface area (TPSA) is 46.5 Å². The van der Waals surface area contributed by atoms with E-state index in [0.29, 0.717) is 12.8 Å². The fraction of sp³-hybridized carbons (Fsp3) is 1.00. The minimum atomic E-state index is -3.32. The molecule has 1 atom stereocenters. The lowest BCUT2D eigenvalue weighted by molar-refractivity contribution is 0.252. The van der Waals surface area contributed by atoms with Crippen molar-refractivity contribution in [3.63, 3.8) is 0 Å². The zero-order valence-electron chi connectivity index (χ0n) is 15.0. The predicted molar refractivity (Wildman–Crippen MR) is 96.6 cm³/mol. The quantitative estimate of drug-likeness (QED) is 0.238. The van der Waals surface area contributed by atoms with Gasteiger partial charge in [0.05, 0.1) is 6.61 Å². The van der Waals surface area contributed by atoms with Crippen LogP contribution < -0.4 is 0 Å². The summed E-state index contributed by atoms with van der Waals surface area (Å²) in [6.45, 7) is 4.87. The van der Waals surface area contributed by atoms with Crippen molar-refractivity contribution in [3.05, 3.63) is 0 Å². The third-order valence-electron chi connectivity index (χ3n) is 4.09. The number of rotatable bonds is 17. The van der Waals surface area contributed by atoms with Crippen LogP contribution in [-0.4, -0.2) is 17.7 Å². The van der Waals surface area contributed by atoms with Gasteiger partial charge >= 0.3 is 7.60 Å². The molecule has 0 amide bonds. The normalized spacial score (nSPS) is 14.1. The zero-order valence-corrected chi connectivity index (χ0v) is 15.9. The van der Waals surface area contributed by atoms with Crippen molar-refractivity contribution >= 4 is 7.60 Å². The molecule has 134 valence electrons. The maximum absolute atomic E-state index is 11.8. The molecular formula is C18H39O3P. The SMILES string of the molecule is CCCCCCCCCCOP(=O)(O)CCCCCCCC. The zero-order chi connectivity index (χ0) is 16.5. The molecule has 0 aliphatic heterocycles. The lowest BCUT2D eigenvalue weighted by Crippen LogP contribution is -1.97. The van der Waals surface area contributed by atoms with Crippen molar-refractivity contribution in [1.29, 1.82) is 0 Å². The van der Waals surface area contributed by atoms with Gasteiger partial charge in [0, 0.05) is 6.16 Å². The number of hydrogen-bond acceptors (Lipinski definition) is 2. The van der Waals surface area contributed by atoms with Crippen LogP contribution in [0, 0.1) is 0 Å². The summed E-state index contributed by atoms with van der Waals surface area (Å²) in [7, 11) is -3.32. The minimum Gasteiger partial charge on any atom is -0.324 e. The van der Waals surface area contributed by atoms with Gasteiger partial charge in [-0.15, -0.1) is 0 Å². The Morgan fingerprint density at radius 1 is 0.682 bits per heavy atom. The molecule has 1 N–H and O–H groups in total. The minimum absolute atomic E-state index is 0.330. The molecule has 22 heavy (non-hydrogen) atoms. The Bertz CT molecular complexity index is 269. The van der Waals surface area contributed by atoms with Crippen molar-refractivity contribution in [3.8, 4) is 0 Å². The second-order valence-electron chi connectivity index (χ2n) is 6.44. The summed E-state index contributed by atoms with van der Waals surface area (Å²) in [4.78, 5) is 9.75. The average Bonchev–Trinajstić information content (AvgIpc) is 2.49. The standard InChI is InChI=1S/C18H39O3P/c1-3-5-7-9-11-12-13-15-17-21-22(19,20)18-16-14-10-8-6-4-2/h3-18H2,1-2H3,(H,19,20). The van der Waals surface area contributed by atoms with Crippen molar-refractivity contribution in [2.75, 3.05) is 12.8 Å². The molecule has 0 aliphatic carbocycles. The highest BCUT2D eigenvalue weighted by molar-refractivity contribution is 7.52. The Morgan fingerprint density at radius 3 is 1.59 bits per heavy atom. The van der Waals surface area contributed by atoms with E-state index in [1.54, 1.807) is 0 Å². The second kappa shape index (κ2) is 16.0. The largest absolute Gasteiger partial charge is 0.328 e. The summed E-state index contributed by atoms with van der Waals surface area (Å²) in [6.07, 6.45) is 16.9. The Morgan fingerprint density at radius 2 is 1.09 bits per heavy atom. The van der Waals surface area contributed by atoms with E-state index in [2.05, 4.69) is 13.8 Å². The van der Waals surface area contributed by atoms with Gasteiger partial charge in [0.2, 0.25) is 0 Å². The van der Waals surface area contributed by atoms with Gasteiger partial charge in [-0.1, -0.05) is 90.9 Å². The second-order valence-corrected chi connectivity index (χ2v) is 8.42. The maximum atomic E-state index is 11.8. The Hall–Kier alpha value is 0.150. The van der Waals surface area contributed by atoms with Crippen LogP contribution in [0.15, 0.2) is 0 Å². The summed E-state index contributed by atoms with van der Waals surface area (Å²) >= 11 is 0. The van der Waals surface area contributed by atoms with Crippen LogP contribution in [0.1, 0.15) is 104 Å². The van der Waals surface area contributed by atoms with Crippen molar-refractivity contribution in [1.82, 2.24) is 0 Å². The molecule has 0 aromatic carbocycles. The molecule has 0 aliphatic rings. The fourth-order valence-corrected chi connectivity index (χ4v) is 3.77. The van der Waals surface area contributed by atoms with Gasteiger partial charge < -0.3 is 9.42 Å².